The van der Waals surface area contributed by atoms with E-state index in [1.165, 1.54) is 5.56 Å². The Morgan fingerprint density at radius 3 is 2.50 bits per heavy atom. The first-order valence-corrected chi connectivity index (χ1v) is 10.7. The molecule has 4 rings (SSSR count). The lowest BCUT2D eigenvalue weighted by molar-refractivity contribution is -0.118. The van der Waals surface area contributed by atoms with E-state index in [9.17, 15) is 10.1 Å². The molecule has 2 N–H and O–H groups in total. The van der Waals surface area contributed by atoms with Gasteiger partial charge in [-0.15, -0.1) is 0 Å². The number of carbonyl (C=O) groups excluding carboxylic acids is 1. The predicted octanol–water partition coefficient (Wildman–Crippen LogP) is 2.65. The zero-order valence-electron chi connectivity index (χ0n) is 17.3. The van der Waals surface area contributed by atoms with Gasteiger partial charge >= 0.3 is 0 Å². The quantitative estimate of drug-likeness (QED) is 0.732. The first kappa shape index (κ1) is 20.5. The van der Waals surface area contributed by atoms with Crippen LogP contribution in [0.4, 0.5) is 0 Å². The van der Waals surface area contributed by atoms with E-state index in [0.29, 0.717) is 11.3 Å². The number of amides is 1. The van der Waals surface area contributed by atoms with Crippen LogP contribution in [0.3, 0.4) is 0 Å². The number of benzene rings is 1. The Labute approximate surface area is 178 Å². The van der Waals surface area contributed by atoms with Crippen LogP contribution in [-0.2, 0) is 11.3 Å². The molecule has 0 spiro atoms. The number of hydrogen-bond acceptors (Lipinski definition) is 5. The second kappa shape index (κ2) is 8.95. The molecule has 1 saturated heterocycles. The fourth-order valence-electron chi connectivity index (χ4n) is 4.82. The molecule has 2 aliphatic rings. The van der Waals surface area contributed by atoms with Crippen molar-refractivity contribution in [3.63, 3.8) is 0 Å². The first-order valence-electron chi connectivity index (χ1n) is 10.7. The van der Waals surface area contributed by atoms with Crippen LogP contribution < -0.4 is 5.73 Å². The number of nitriles is 1. The maximum atomic E-state index is 11.8. The minimum atomic E-state index is -0.335. The van der Waals surface area contributed by atoms with Gasteiger partial charge in [0.1, 0.15) is 6.07 Å². The van der Waals surface area contributed by atoms with Gasteiger partial charge in [-0.25, -0.2) is 0 Å². The summed E-state index contributed by atoms with van der Waals surface area (Å²) in [4.78, 5) is 21.3. The van der Waals surface area contributed by atoms with Gasteiger partial charge in [0.05, 0.1) is 11.3 Å². The molecule has 2 fully saturated rings. The number of nitrogens with two attached hydrogens (primary N) is 1. The monoisotopic (exact) mass is 403 g/mol. The lowest BCUT2D eigenvalue weighted by Crippen LogP contribution is -2.51. The molecule has 1 amide bonds. The Morgan fingerprint density at radius 1 is 1.13 bits per heavy atom. The van der Waals surface area contributed by atoms with Gasteiger partial charge in [0, 0.05) is 56.8 Å². The minimum absolute atomic E-state index is 0.108. The molecule has 1 aromatic heterocycles. The highest BCUT2D eigenvalue weighted by Crippen LogP contribution is 2.49. The van der Waals surface area contributed by atoms with Crippen LogP contribution >= 0.6 is 0 Å². The molecule has 2 heterocycles. The zero-order valence-corrected chi connectivity index (χ0v) is 17.3. The number of aromatic nitrogens is 1. The summed E-state index contributed by atoms with van der Waals surface area (Å²) in [6, 6.07) is 16.4. The van der Waals surface area contributed by atoms with E-state index in [2.05, 4.69) is 51.2 Å². The molecule has 1 atom stereocenters. The van der Waals surface area contributed by atoms with E-state index >= 15 is 0 Å². The van der Waals surface area contributed by atoms with Gasteiger partial charge in [-0.05, 0) is 37.0 Å². The number of hydrogen-bond donors (Lipinski definition) is 1. The smallest absolute Gasteiger partial charge is 0.218 e. The van der Waals surface area contributed by atoms with E-state index in [0.717, 1.165) is 52.0 Å². The second-order valence-corrected chi connectivity index (χ2v) is 8.59. The number of rotatable bonds is 8. The van der Waals surface area contributed by atoms with Crippen LogP contribution in [0.2, 0.25) is 0 Å². The van der Waals surface area contributed by atoms with Gasteiger partial charge in [-0.1, -0.05) is 30.3 Å². The van der Waals surface area contributed by atoms with Gasteiger partial charge in [-0.2, -0.15) is 5.26 Å². The van der Waals surface area contributed by atoms with Crippen LogP contribution in [-0.4, -0.2) is 52.4 Å². The highest BCUT2D eigenvalue weighted by atomic mass is 16.1. The highest BCUT2D eigenvalue weighted by Gasteiger charge is 2.50. The van der Waals surface area contributed by atoms with Crippen molar-refractivity contribution in [2.45, 2.75) is 43.7 Å². The standard InChI is InChI=1S/C24H29N5O/c25-17-20-7-4-10-27-23(20)21(15-22(26)30)16-24(8-9-24)29-13-11-28(12-14-29)18-19-5-2-1-3-6-19/h1-7,10,21H,8-9,11-16,18H2,(H2,26,30). The lowest BCUT2D eigenvalue weighted by atomic mass is 9.88. The van der Waals surface area contributed by atoms with Gasteiger partial charge < -0.3 is 5.73 Å². The molecule has 1 saturated carbocycles. The first-order chi connectivity index (χ1) is 14.6. The van der Waals surface area contributed by atoms with E-state index in [1.807, 2.05) is 0 Å². The summed E-state index contributed by atoms with van der Waals surface area (Å²) in [5, 5.41) is 9.49. The van der Waals surface area contributed by atoms with Gasteiger partial charge in [0.25, 0.3) is 0 Å². The molecule has 156 valence electrons. The molecule has 2 aromatic rings. The summed E-state index contributed by atoms with van der Waals surface area (Å²) in [5.74, 6) is -0.443. The largest absolute Gasteiger partial charge is 0.370 e. The molecular formula is C24H29N5O. The minimum Gasteiger partial charge on any atom is -0.370 e. The van der Waals surface area contributed by atoms with E-state index in [-0.39, 0.29) is 23.8 Å². The normalized spacial score (nSPS) is 19.7. The average molecular weight is 404 g/mol. The Bertz CT molecular complexity index is 911. The van der Waals surface area contributed by atoms with Crippen molar-refractivity contribution in [3.05, 3.63) is 65.5 Å². The molecule has 1 aliphatic heterocycles. The van der Waals surface area contributed by atoms with Crippen molar-refractivity contribution in [3.8, 4) is 6.07 Å². The molecule has 30 heavy (non-hydrogen) atoms. The van der Waals surface area contributed by atoms with Gasteiger partial charge in [0.15, 0.2) is 0 Å². The second-order valence-electron chi connectivity index (χ2n) is 8.59. The highest BCUT2D eigenvalue weighted by molar-refractivity contribution is 5.74. The molecule has 6 heteroatoms. The maximum absolute atomic E-state index is 11.8. The fourth-order valence-corrected chi connectivity index (χ4v) is 4.82. The number of carbonyl (C=O) groups is 1. The van der Waals surface area contributed by atoms with Gasteiger partial charge in [0.2, 0.25) is 5.91 Å². The summed E-state index contributed by atoms with van der Waals surface area (Å²) >= 11 is 0. The Balaban J connectivity index is 1.42. The SMILES string of the molecule is N#Cc1cccnc1C(CC(N)=O)CC1(N2CCN(Cc3ccccc3)CC2)CC1. The molecule has 0 bridgehead atoms. The van der Waals surface area contributed by atoms with Crippen LogP contribution in [0.5, 0.6) is 0 Å². The summed E-state index contributed by atoms with van der Waals surface area (Å²) in [7, 11) is 0. The van der Waals surface area contributed by atoms with Crippen molar-refractivity contribution < 1.29 is 4.79 Å². The zero-order chi connectivity index (χ0) is 21.0. The third-order valence-electron chi connectivity index (χ3n) is 6.54. The van der Waals surface area contributed by atoms with Crippen LogP contribution in [0.15, 0.2) is 48.7 Å². The van der Waals surface area contributed by atoms with Crippen molar-refractivity contribution in [2.24, 2.45) is 5.73 Å². The van der Waals surface area contributed by atoms with Crippen molar-refractivity contribution >= 4 is 5.91 Å². The molecular weight excluding hydrogens is 374 g/mol. The van der Waals surface area contributed by atoms with Crippen molar-refractivity contribution in [1.82, 2.24) is 14.8 Å². The Kier molecular flexibility index (Phi) is 6.12. The van der Waals surface area contributed by atoms with E-state index in [4.69, 9.17) is 5.73 Å². The average Bonchev–Trinajstić information content (AvgIpc) is 3.55. The molecule has 0 radical (unpaired) electrons. The van der Waals surface area contributed by atoms with Crippen molar-refractivity contribution in [1.29, 1.82) is 5.26 Å². The topological polar surface area (TPSA) is 86.2 Å². The number of primary amides is 1. The van der Waals surface area contributed by atoms with Crippen LogP contribution in [0, 0.1) is 11.3 Å². The summed E-state index contributed by atoms with van der Waals surface area (Å²) in [5.41, 5.74) is 8.29. The number of nitrogens with zero attached hydrogens (tertiary/aromatic N) is 4. The third-order valence-corrected chi connectivity index (χ3v) is 6.54. The van der Waals surface area contributed by atoms with Crippen molar-refractivity contribution in [2.75, 3.05) is 26.2 Å². The summed E-state index contributed by atoms with van der Waals surface area (Å²) in [6.45, 7) is 5.15. The van der Waals surface area contributed by atoms with E-state index in [1.54, 1.807) is 18.3 Å². The summed E-state index contributed by atoms with van der Waals surface area (Å²) < 4.78 is 0. The fraction of sp³-hybridized carbons (Fsp3) is 0.458. The molecule has 1 aromatic carbocycles. The Hall–Kier alpha value is -2.75. The number of piperazine rings is 1. The molecule has 1 unspecified atom stereocenters. The maximum Gasteiger partial charge on any atom is 0.218 e. The molecule has 6 nitrogen and oxygen atoms in total. The summed E-state index contributed by atoms with van der Waals surface area (Å²) in [6.07, 6.45) is 5.04. The van der Waals surface area contributed by atoms with Crippen LogP contribution in [0.1, 0.15) is 48.4 Å². The lowest BCUT2D eigenvalue weighted by Gasteiger charge is -2.41. The predicted molar refractivity (Wildman–Crippen MR) is 115 cm³/mol. The van der Waals surface area contributed by atoms with Gasteiger partial charge in [-0.3, -0.25) is 19.6 Å². The van der Waals surface area contributed by atoms with E-state index < -0.39 is 0 Å². The number of pyridine rings is 1. The molecule has 1 aliphatic carbocycles. The van der Waals surface area contributed by atoms with Crippen LogP contribution in [0.25, 0.3) is 0 Å². The Morgan fingerprint density at radius 2 is 1.87 bits per heavy atom. The third kappa shape index (κ3) is 4.69.